The number of methoxy groups -OCH3 is 1. The smallest absolute Gasteiger partial charge is 0.131 e. The minimum Gasteiger partial charge on any atom is -0.496 e. The zero-order chi connectivity index (χ0) is 14.0. The van der Waals surface area contributed by atoms with Crippen molar-refractivity contribution in [2.75, 3.05) is 7.11 Å². The second kappa shape index (κ2) is 5.36. The maximum Gasteiger partial charge on any atom is 0.131 e. The summed E-state index contributed by atoms with van der Waals surface area (Å²) in [4.78, 5) is 0. The summed E-state index contributed by atoms with van der Waals surface area (Å²) in [6.45, 7) is 1.88. The van der Waals surface area contributed by atoms with Crippen LogP contribution in [-0.4, -0.2) is 7.11 Å². The van der Waals surface area contributed by atoms with Crippen molar-refractivity contribution in [1.82, 2.24) is 0 Å². The van der Waals surface area contributed by atoms with E-state index in [1.165, 1.54) is 12.1 Å². The van der Waals surface area contributed by atoms with Gasteiger partial charge in [0.2, 0.25) is 0 Å². The zero-order valence-electron chi connectivity index (χ0n) is 10.8. The number of halogens is 2. The standard InChI is InChI=1S/C15H15F2NO/c1-9-7-10(3-6-14(9)19-2)15(18)12-5-4-11(16)8-13(12)17/h3-8,15H,18H2,1-2H3. The lowest BCUT2D eigenvalue weighted by Crippen LogP contribution is -2.14. The highest BCUT2D eigenvalue weighted by atomic mass is 19.1. The summed E-state index contributed by atoms with van der Waals surface area (Å²) in [6, 6.07) is 8.18. The molecule has 100 valence electrons. The molecule has 1 unspecified atom stereocenters. The minimum atomic E-state index is -0.638. The summed E-state index contributed by atoms with van der Waals surface area (Å²) in [5.74, 6) is -0.504. The third-order valence-electron chi connectivity index (χ3n) is 3.08. The predicted molar refractivity (Wildman–Crippen MR) is 70.1 cm³/mol. The van der Waals surface area contributed by atoms with Crippen LogP contribution in [0.25, 0.3) is 0 Å². The topological polar surface area (TPSA) is 35.2 Å². The Hall–Kier alpha value is -1.94. The number of hydrogen-bond acceptors (Lipinski definition) is 2. The first kappa shape index (κ1) is 13.5. The van der Waals surface area contributed by atoms with E-state index < -0.39 is 17.7 Å². The summed E-state index contributed by atoms with van der Waals surface area (Å²) in [5, 5.41) is 0. The quantitative estimate of drug-likeness (QED) is 0.921. The van der Waals surface area contributed by atoms with Gasteiger partial charge in [0.15, 0.2) is 0 Å². The maximum atomic E-state index is 13.7. The van der Waals surface area contributed by atoms with Gasteiger partial charge in [-0.05, 0) is 30.2 Å². The summed E-state index contributed by atoms with van der Waals surface area (Å²) in [5.41, 5.74) is 7.96. The summed E-state index contributed by atoms with van der Waals surface area (Å²) < 4.78 is 31.7. The Bertz CT molecular complexity index is 599. The highest BCUT2D eigenvalue weighted by Gasteiger charge is 2.15. The number of ether oxygens (including phenoxy) is 1. The van der Waals surface area contributed by atoms with Crippen LogP contribution in [0.5, 0.6) is 5.75 Å². The molecule has 2 aromatic carbocycles. The predicted octanol–water partition coefficient (Wildman–Crippen LogP) is 3.33. The Morgan fingerprint density at radius 1 is 1.11 bits per heavy atom. The van der Waals surface area contributed by atoms with E-state index >= 15 is 0 Å². The third kappa shape index (κ3) is 2.74. The molecule has 2 nitrogen and oxygen atoms in total. The molecule has 19 heavy (non-hydrogen) atoms. The SMILES string of the molecule is COc1ccc(C(N)c2ccc(F)cc2F)cc1C. The van der Waals surface area contributed by atoms with E-state index in [0.717, 1.165) is 22.9 Å². The van der Waals surface area contributed by atoms with Gasteiger partial charge < -0.3 is 10.5 Å². The average molecular weight is 263 g/mol. The fourth-order valence-corrected chi connectivity index (χ4v) is 2.03. The Balaban J connectivity index is 2.38. The van der Waals surface area contributed by atoms with Crippen LogP contribution < -0.4 is 10.5 Å². The number of nitrogens with two attached hydrogens (primary N) is 1. The molecule has 0 heterocycles. The molecule has 0 fully saturated rings. The molecule has 0 aliphatic rings. The molecular weight excluding hydrogens is 248 g/mol. The highest BCUT2D eigenvalue weighted by Crippen LogP contribution is 2.26. The fourth-order valence-electron chi connectivity index (χ4n) is 2.03. The number of aryl methyl sites for hydroxylation is 1. The first-order chi connectivity index (χ1) is 9.02. The van der Waals surface area contributed by atoms with Gasteiger partial charge in [-0.1, -0.05) is 18.2 Å². The van der Waals surface area contributed by atoms with E-state index in [2.05, 4.69) is 0 Å². The van der Waals surface area contributed by atoms with Crippen LogP contribution in [-0.2, 0) is 0 Å². The summed E-state index contributed by atoms with van der Waals surface area (Å²) in [7, 11) is 1.58. The van der Waals surface area contributed by atoms with Crippen molar-refractivity contribution < 1.29 is 13.5 Å². The van der Waals surface area contributed by atoms with Crippen molar-refractivity contribution in [3.05, 3.63) is 64.7 Å². The lowest BCUT2D eigenvalue weighted by Gasteiger charge is -2.15. The normalized spacial score (nSPS) is 12.3. The van der Waals surface area contributed by atoms with E-state index in [-0.39, 0.29) is 5.56 Å². The highest BCUT2D eigenvalue weighted by molar-refractivity contribution is 5.40. The van der Waals surface area contributed by atoms with Crippen molar-refractivity contribution in [2.24, 2.45) is 5.73 Å². The van der Waals surface area contributed by atoms with Crippen molar-refractivity contribution in [1.29, 1.82) is 0 Å². The average Bonchev–Trinajstić information content (AvgIpc) is 2.38. The van der Waals surface area contributed by atoms with Gasteiger partial charge in [0.25, 0.3) is 0 Å². The Morgan fingerprint density at radius 3 is 2.42 bits per heavy atom. The van der Waals surface area contributed by atoms with Crippen molar-refractivity contribution in [3.8, 4) is 5.75 Å². The molecule has 0 aromatic heterocycles. The van der Waals surface area contributed by atoms with Gasteiger partial charge >= 0.3 is 0 Å². The summed E-state index contributed by atoms with van der Waals surface area (Å²) in [6.07, 6.45) is 0. The van der Waals surface area contributed by atoms with Gasteiger partial charge in [-0.25, -0.2) is 8.78 Å². The van der Waals surface area contributed by atoms with E-state index in [0.29, 0.717) is 0 Å². The third-order valence-corrected chi connectivity index (χ3v) is 3.08. The van der Waals surface area contributed by atoms with E-state index in [9.17, 15) is 8.78 Å². The van der Waals surface area contributed by atoms with Crippen LogP contribution in [0, 0.1) is 18.6 Å². The minimum absolute atomic E-state index is 0.269. The van der Waals surface area contributed by atoms with Gasteiger partial charge in [0, 0.05) is 11.6 Å². The van der Waals surface area contributed by atoms with Crippen LogP contribution in [0.15, 0.2) is 36.4 Å². The largest absolute Gasteiger partial charge is 0.496 e. The van der Waals surface area contributed by atoms with Crippen LogP contribution in [0.2, 0.25) is 0 Å². The lowest BCUT2D eigenvalue weighted by molar-refractivity contribution is 0.411. The molecular formula is C15H15F2NO. The lowest BCUT2D eigenvalue weighted by atomic mass is 9.97. The number of rotatable bonds is 3. The van der Waals surface area contributed by atoms with Crippen LogP contribution in [0.3, 0.4) is 0 Å². The molecule has 2 rings (SSSR count). The molecule has 0 bridgehead atoms. The molecule has 0 aliphatic carbocycles. The second-order valence-corrected chi connectivity index (χ2v) is 4.37. The molecule has 0 spiro atoms. The molecule has 0 radical (unpaired) electrons. The van der Waals surface area contributed by atoms with Crippen LogP contribution in [0.4, 0.5) is 8.78 Å². The molecule has 4 heteroatoms. The van der Waals surface area contributed by atoms with Gasteiger partial charge in [-0.2, -0.15) is 0 Å². The molecule has 0 saturated carbocycles. The molecule has 0 aliphatic heterocycles. The fraction of sp³-hybridized carbons (Fsp3) is 0.200. The van der Waals surface area contributed by atoms with E-state index in [1.807, 2.05) is 13.0 Å². The second-order valence-electron chi connectivity index (χ2n) is 4.37. The van der Waals surface area contributed by atoms with Crippen LogP contribution >= 0.6 is 0 Å². The zero-order valence-corrected chi connectivity index (χ0v) is 10.8. The van der Waals surface area contributed by atoms with Crippen molar-refractivity contribution in [2.45, 2.75) is 13.0 Å². The maximum absolute atomic E-state index is 13.7. The van der Waals surface area contributed by atoms with Crippen LogP contribution in [0.1, 0.15) is 22.7 Å². The monoisotopic (exact) mass is 263 g/mol. The first-order valence-corrected chi connectivity index (χ1v) is 5.88. The Kier molecular flexibility index (Phi) is 3.81. The van der Waals surface area contributed by atoms with Crippen molar-refractivity contribution in [3.63, 3.8) is 0 Å². The molecule has 0 amide bonds. The molecule has 0 saturated heterocycles. The summed E-state index contributed by atoms with van der Waals surface area (Å²) >= 11 is 0. The van der Waals surface area contributed by atoms with Gasteiger partial charge in [0.1, 0.15) is 17.4 Å². The van der Waals surface area contributed by atoms with Gasteiger partial charge in [-0.15, -0.1) is 0 Å². The number of hydrogen-bond donors (Lipinski definition) is 1. The van der Waals surface area contributed by atoms with E-state index in [1.54, 1.807) is 19.2 Å². The Labute approximate surface area is 110 Å². The number of benzene rings is 2. The van der Waals surface area contributed by atoms with Gasteiger partial charge in [0.05, 0.1) is 13.2 Å². The molecule has 2 aromatic rings. The Morgan fingerprint density at radius 2 is 1.84 bits per heavy atom. The van der Waals surface area contributed by atoms with E-state index in [4.69, 9.17) is 10.5 Å². The molecule has 2 N–H and O–H groups in total. The van der Waals surface area contributed by atoms with Gasteiger partial charge in [-0.3, -0.25) is 0 Å². The van der Waals surface area contributed by atoms with Crippen molar-refractivity contribution >= 4 is 0 Å². The molecule has 1 atom stereocenters. The first-order valence-electron chi connectivity index (χ1n) is 5.88.